The van der Waals surface area contributed by atoms with E-state index in [2.05, 4.69) is 31.2 Å². The van der Waals surface area contributed by atoms with Crippen LogP contribution in [0.5, 0.6) is 5.75 Å². The Morgan fingerprint density at radius 2 is 1.52 bits per heavy atom. The van der Waals surface area contributed by atoms with E-state index in [9.17, 15) is 5.11 Å². The van der Waals surface area contributed by atoms with Crippen LogP contribution in [0.25, 0.3) is 11.1 Å². The van der Waals surface area contributed by atoms with Gasteiger partial charge in [0.1, 0.15) is 5.75 Å². The number of phenols is 1. The molecule has 0 atom stereocenters. The number of hydrogen-bond donors (Lipinski definition) is 2. The number of nitrogens with two attached hydrogens (primary N) is 1. The van der Waals surface area contributed by atoms with Crippen LogP contribution >= 0.6 is 0 Å². The molecular formula is C19H23NO. The molecule has 0 unspecified atom stereocenters. The molecule has 1 saturated carbocycles. The van der Waals surface area contributed by atoms with Crippen LogP contribution in [0.3, 0.4) is 0 Å². The van der Waals surface area contributed by atoms with Gasteiger partial charge in [0.2, 0.25) is 0 Å². The van der Waals surface area contributed by atoms with Crippen molar-refractivity contribution in [1.29, 1.82) is 0 Å². The Bertz CT molecular complexity index is 610. The molecule has 1 aliphatic rings. The van der Waals surface area contributed by atoms with Gasteiger partial charge in [-0.3, -0.25) is 0 Å². The van der Waals surface area contributed by atoms with Crippen LogP contribution in [0, 0.1) is 5.92 Å². The summed E-state index contributed by atoms with van der Waals surface area (Å²) in [5.74, 6) is 1.76. The summed E-state index contributed by atoms with van der Waals surface area (Å²) >= 11 is 0. The van der Waals surface area contributed by atoms with Crippen molar-refractivity contribution >= 4 is 5.69 Å². The normalized spacial score (nSPS) is 22.1. The van der Waals surface area contributed by atoms with Crippen molar-refractivity contribution in [2.75, 3.05) is 5.73 Å². The van der Waals surface area contributed by atoms with Gasteiger partial charge in [0.15, 0.2) is 0 Å². The average Bonchev–Trinajstić information content (AvgIpc) is 2.51. The lowest BCUT2D eigenvalue weighted by atomic mass is 9.79. The number of hydrogen-bond acceptors (Lipinski definition) is 2. The molecule has 1 aliphatic carbocycles. The maximum absolute atomic E-state index is 9.50. The Balaban J connectivity index is 1.79. The number of nitrogen functional groups attached to an aromatic ring is 1. The van der Waals surface area contributed by atoms with E-state index in [4.69, 9.17) is 5.73 Å². The zero-order valence-electron chi connectivity index (χ0n) is 12.5. The molecule has 0 saturated heterocycles. The van der Waals surface area contributed by atoms with E-state index in [1.165, 1.54) is 31.2 Å². The van der Waals surface area contributed by atoms with E-state index in [1.54, 1.807) is 6.07 Å². The molecule has 0 heterocycles. The number of benzene rings is 2. The Hall–Kier alpha value is -1.96. The highest BCUT2D eigenvalue weighted by atomic mass is 16.3. The van der Waals surface area contributed by atoms with Gasteiger partial charge < -0.3 is 10.8 Å². The molecule has 2 aromatic rings. The van der Waals surface area contributed by atoms with Crippen molar-refractivity contribution < 1.29 is 5.11 Å². The number of rotatable bonds is 2. The molecule has 1 fully saturated rings. The van der Waals surface area contributed by atoms with Gasteiger partial charge in [-0.25, -0.2) is 0 Å². The van der Waals surface area contributed by atoms with Crippen LogP contribution in [0.2, 0.25) is 0 Å². The van der Waals surface area contributed by atoms with E-state index in [0.29, 0.717) is 5.69 Å². The summed E-state index contributed by atoms with van der Waals surface area (Å²) in [5.41, 5.74) is 9.85. The van der Waals surface area contributed by atoms with Crippen LogP contribution in [0.1, 0.15) is 44.1 Å². The second kappa shape index (κ2) is 5.80. The third-order valence-electron chi connectivity index (χ3n) is 4.76. The number of anilines is 1. The maximum Gasteiger partial charge on any atom is 0.138 e. The largest absolute Gasteiger partial charge is 0.506 e. The van der Waals surface area contributed by atoms with Gasteiger partial charge in [-0.1, -0.05) is 50.1 Å². The molecule has 0 spiro atoms. The fourth-order valence-corrected chi connectivity index (χ4v) is 3.28. The monoisotopic (exact) mass is 281 g/mol. The Morgan fingerprint density at radius 3 is 2.14 bits per heavy atom. The van der Waals surface area contributed by atoms with Crippen LogP contribution in [-0.4, -0.2) is 5.11 Å². The fraction of sp³-hybridized carbons (Fsp3) is 0.368. The van der Waals surface area contributed by atoms with Gasteiger partial charge in [0.25, 0.3) is 0 Å². The van der Waals surface area contributed by atoms with Gasteiger partial charge in [-0.2, -0.15) is 0 Å². The first-order chi connectivity index (χ1) is 10.1. The van der Waals surface area contributed by atoms with Crippen molar-refractivity contribution in [3.05, 3.63) is 48.0 Å². The summed E-state index contributed by atoms with van der Waals surface area (Å²) in [6, 6.07) is 14.2. The molecular weight excluding hydrogens is 258 g/mol. The molecule has 0 aromatic heterocycles. The van der Waals surface area contributed by atoms with Crippen molar-refractivity contribution in [2.24, 2.45) is 5.92 Å². The minimum atomic E-state index is 0.145. The summed E-state index contributed by atoms with van der Waals surface area (Å²) in [6.07, 6.45) is 5.32. The zero-order chi connectivity index (χ0) is 14.8. The highest BCUT2D eigenvalue weighted by Gasteiger charge is 2.19. The van der Waals surface area contributed by atoms with Gasteiger partial charge in [0, 0.05) is 0 Å². The van der Waals surface area contributed by atoms with Crippen molar-refractivity contribution in [3.8, 4) is 16.9 Å². The quantitative estimate of drug-likeness (QED) is 0.605. The minimum absolute atomic E-state index is 0.145. The first-order valence-corrected chi connectivity index (χ1v) is 7.82. The minimum Gasteiger partial charge on any atom is -0.506 e. The third kappa shape index (κ3) is 3.05. The molecule has 2 heteroatoms. The molecule has 0 radical (unpaired) electrons. The summed E-state index contributed by atoms with van der Waals surface area (Å²) in [7, 11) is 0. The predicted molar refractivity (Wildman–Crippen MR) is 88.3 cm³/mol. The molecule has 0 amide bonds. The van der Waals surface area contributed by atoms with Gasteiger partial charge in [-0.15, -0.1) is 0 Å². The van der Waals surface area contributed by atoms with Crippen LogP contribution in [0.15, 0.2) is 42.5 Å². The highest BCUT2D eigenvalue weighted by Crippen LogP contribution is 2.36. The highest BCUT2D eigenvalue weighted by molar-refractivity contribution is 5.70. The lowest BCUT2D eigenvalue weighted by Crippen LogP contribution is -2.10. The lowest BCUT2D eigenvalue weighted by molar-refractivity contribution is 0.348. The van der Waals surface area contributed by atoms with Crippen LogP contribution in [-0.2, 0) is 0 Å². The van der Waals surface area contributed by atoms with Gasteiger partial charge in [0.05, 0.1) is 5.69 Å². The van der Waals surface area contributed by atoms with Crippen LogP contribution in [0.4, 0.5) is 5.69 Å². The van der Waals surface area contributed by atoms with E-state index >= 15 is 0 Å². The average molecular weight is 281 g/mol. The molecule has 3 N–H and O–H groups in total. The smallest absolute Gasteiger partial charge is 0.138 e. The first-order valence-electron chi connectivity index (χ1n) is 7.82. The molecule has 21 heavy (non-hydrogen) atoms. The molecule has 2 aromatic carbocycles. The SMILES string of the molecule is CC1CCC(c2ccc(-c3ccc(O)c(N)c3)cc2)CC1. The van der Waals surface area contributed by atoms with E-state index in [-0.39, 0.29) is 5.75 Å². The third-order valence-corrected chi connectivity index (χ3v) is 4.76. The summed E-state index contributed by atoms with van der Waals surface area (Å²) in [4.78, 5) is 0. The topological polar surface area (TPSA) is 46.2 Å². The summed E-state index contributed by atoms with van der Waals surface area (Å²) < 4.78 is 0. The summed E-state index contributed by atoms with van der Waals surface area (Å²) in [6.45, 7) is 2.36. The Morgan fingerprint density at radius 1 is 0.905 bits per heavy atom. The first kappa shape index (κ1) is 14.0. The summed E-state index contributed by atoms with van der Waals surface area (Å²) in [5, 5.41) is 9.50. The van der Waals surface area contributed by atoms with E-state index in [1.807, 2.05) is 12.1 Å². The van der Waals surface area contributed by atoms with E-state index in [0.717, 1.165) is 23.0 Å². The predicted octanol–water partition coefficient (Wildman–Crippen LogP) is 4.94. The molecule has 0 aliphatic heterocycles. The second-order valence-electron chi connectivity index (χ2n) is 6.35. The van der Waals surface area contributed by atoms with Crippen molar-refractivity contribution in [2.45, 2.75) is 38.5 Å². The molecule has 3 rings (SSSR count). The van der Waals surface area contributed by atoms with Crippen molar-refractivity contribution in [1.82, 2.24) is 0 Å². The molecule has 2 nitrogen and oxygen atoms in total. The molecule has 0 bridgehead atoms. The maximum atomic E-state index is 9.50. The second-order valence-corrected chi connectivity index (χ2v) is 6.35. The lowest BCUT2D eigenvalue weighted by Gasteiger charge is -2.26. The Kier molecular flexibility index (Phi) is 3.87. The fourth-order valence-electron chi connectivity index (χ4n) is 3.28. The van der Waals surface area contributed by atoms with Gasteiger partial charge >= 0.3 is 0 Å². The molecule has 110 valence electrons. The number of phenolic OH excluding ortho intramolecular Hbond substituents is 1. The standard InChI is InChI=1S/C19H23NO/c1-13-2-4-14(5-3-13)15-6-8-16(9-7-15)17-10-11-19(21)18(20)12-17/h6-14,21H,2-5,20H2,1H3. The van der Waals surface area contributed by atoms with Crippen LogP contribution < -0.4 is 5.73 Å². The number of aromatic hydroxyl groups is 1. The van der Waals surface area contributed by atoms with Crippen molar-refractivity contribution in [3.63, 3.8) is 0 Å². The Labute approximate surface area is 126 Å². The van der Waals surface area contributed by atoms with E-state index < -0.39 is 0 Å². The van der Waals surface area contributed by atoms with Gasteiger partial charge in [-0.05, 0) is 53.5 Å². The zero-order valence-corrected chi connectivity index (χ0v) is 12.5.